The Labute approximate surface area is 170 Å². The summed E-state index contributed by atoms with van der Waals surface area (Å²) in [5.41, 5.74) is 3.06. The molecule has 2 aromatic rings. The second-order valence-electron chi connectivity index (χ2n) is 7.67. The molecular weight excluding hydrogens is 366 g/mol. The molecule has 2 heterocycles. The summed E-state index contributed by atoms with van der Waals surface area (Å²) in [6.45, 7) is 3.65. The van der Waals surface area contributed by atoms with Gasteiger partial charge in [0.05, 0.1) is 12.1 Å². The van der Waals surface area contributed by atoms with Gasteiger partial charge in [0.25, 0.3) is 5.91 Å². The van der Waals surface area contributed by atoms with E-state index in [1.165, 1.54) is 36.8 Å². The van der Waals surface area contributed by atoms with E-state index in [1.807, 2.05) is 12.1 Å². The van der Waals surface area contributed by atoms with Crippen LogP contribution in [0.1, 0.15) is 43.0 Å². The molecule has 2 aromatic carbocycles. The summed E-state index contributed by atoms with van der Waals surface area (Å²) in [7, 11) is 0. The van der Waals surface area contributed by atoms with Gasteiger partial charge in [-0.3, -0.25) is 14.4 Å². The topological polar surface area (TPSA) is 69.7 Å². The number of carbonyl (C=O) groups excluding carboxylic acids is 3. The van der Waals surface area contributed by atoms with Crippen LogP contribution in [0.4, 0.5) is 17.1 Å². The van der Waals surface area contributed by atoms with Crippen molar-refractivity contribution in [2.75, 3.05) is 28.2 Å². The van der Waals surface area contributed by atoms with E-state index in [0.717, 1.165) is 18.8 Å². The molecule has 2 saturated heterocycles. The average Bonchev–Trinajstić information content (AvgIpc) is 3.02. The Kier molecular flexibility index (Phi) is 5.34. The lowest BCUT2D eigenvalue weighted by Crippen LogP contribution is -2.34. The second kappa shape index (κ2) is 8.07. The first-order chi connectivity index (χ1) is 14.0. The molecule has 0 aromatic heterocycles. The molecule has 1 atom stereocenters. The average molecular weight is 391 g/mol. The summed E-state index contributed by atoms with van der Waals surface area (Å²) >= 11 is 0. The molecule has 0 spiro atoms. The molecule has 2 aliphatic heterocycles. The Bertz CT molecular complexity index is 915. The van der Waals surface area contributed by atoms with Gasteiger partial charge in [0.15, 0.2) is 5.78 Å². The van der Waals surface area contributed by atoms with E-state index in [-0.39, 0.29) is 24.0 Å². The number of hydrogen-bond acceptors (Lipinski definition) is 5. The van der Waals surface area contributed by atoms with Crippen LogP contribution in [0.2, 0.25) is 0 Å². The quantitative estimate of drug-likeness (QED) is 0.623. The molecule has 0 radical (unpaired) electrons. The van der Waals surface area contributed by atoms with Crippen LogP contribution in [0.25, 0.3) is 0 Å². The minimum absolute atomic E-state index is 0.0526. The van der Waals surface area contributed by atoms with E-state index in [2.05, 4.69) is 22.3 Å². The Balaban J connectivity index is 1.44. The number of amides is 2. The third-order valence-electron chi connectivity index (χ3n) is 5.61. The summed E-state index contributed by atoms with van der Waals surface area (Å²) in [6.07, 6.45) is 3.85. The van der Waals surface area contributed by atoms with Crippen molar-refractivity contribution < 1.29 is 14.4 Å². The molecule has 0 saturated carbocycles. The lowest BCUT2D eigenvalue weighted by atomic mass is 10.1. The number of nitrogens with zero attached hydrogens (tertiary/aromatic N) is 2. The summed E-state index contributed by atoms with van der Waals surface area (Å²) in [4.78, 5) is 40.3. The fourth-order valence-corrected chi connectivity index (χ4v) is 3.98. The number of rotatable bonds is 5. The number of hydrogen-bond donors (Lipinski definition) is 1. The summed E-state index contributed by atoms with van der Waals surface area (Å²) in [5.74, 6) is -0.568. The maximum absolute atomic E-state index is 12.8. The first-order valence-corrected chi connectivity index (χ1v) is 10.1. The third kappa shape index (κ3) is 4.01. The number of imide groups is 1. The van der Waals surface area contributed by atoms with Crippen LogP contribution in [-0.4, -0.2) is 36.7 Å². The van der Waals surface area contributed by atoms with Gasteiger partial charge in [-0.2, -0.15) is 0 Å². The number of anilines is 3. The highest BCUT2D eigenvalue weighted by atomic mass is 16.2. The predicted molar refractivity (Wildman–Crippen MR) is 113 cm³/mol. The molecule has 4 rings (SSSR count). The van der Waals surface area contributed by atoms with Crippen molar-refractivity contribution in [3.63, 3.8) is 0 Å². The molecule has 0 bridgehead atoms. The Morgan fingerprint density at radius 1 is 0.897 bits per heavy atom. The summed E-state index contributed by atoms with van der Waals surface area (Å²) in [5, 5.41) is 3.20. The van der Waals surface area contributed by atoms with Gasteiger partial charge < -0.3 is 10.2 Å². The van der Waals surface area contributed by atoms with Gasteiger partial charge in [0.1, 0.15) is 6.04 Å². The van der Waals surface area contributed by atoms with Crippen LogP contribution in [0.5, 0.6) is 0 Å². The fraction of sp³-hybridized carbons (Fsp3) is 0.348. The van der Waals surface area contributed by atoms with E-state index in [4.69, 9.17) is 0 Å². The van der Waals surface area contributed by atoms with Crippen LogP contribution < -0.4 is 15.1 Å². The molecule has 1 N–H and O–H groups in total. The van der Waals surface area contributed by atoms with Crippen LogP contribution in [0, 0.1) is 0 Å². The Morgan fingerprint density at radius 2 is 1.52 bits per heavy atom. The molecule has 1 unspecified atom stereocenters. The van der Waals surface area contributed by atoms with Gasteiger partial charge in [-0.05, 0) is 74.7 Å². The smallest absolute Gasteiger partial charge is 0.256 e. The van der Waals surface area contributed by atoms with Crippen LogP contribution in [0.15, 0.2) is 48.5 Å². The van der Waals surface area contributed by atoms with Crippen molar-refractivity contribution in [3.05, 3.63) is 54.1 Å². The second-order valence-corrected chi connectivity index (χ2v) is 7.67. The number of carbonyl (C=O) groups is 3. The lowest BCUT2D eigenvalue weighted by Gasteiger charge is -2.29. The SMILES string of the molecule is CC(=O)c1ccc(N2C(=O)CC(Nc3ccc(N4CCCCC4)cc3)C2=O)cc1. The van der Waals surface area contributed by atoms with Gasteiger partial charge in [0, 0.05) is 30.0 Å². The van der Waals surface area contributed by atoms with Crippen molar-refractivity contribution in [1.82, 2.24) is 0 Å². The normalized spacial score (nSPS) is 19.6. The zero-order valence-corrected chi connectivity index (χ0v) is 16.6. The maximum atomic E-state index is 12.8. The first kappa shape index (κ1) is 19.2. The molecule has 2 amide bonds. The van der Waals surface area contributed by atoms with E-state index >= 15 is 0 Å². The third-order valence-corrected chi connectivity index (χ3v) is 5.61. The van der Waals surface area contributed by atoms with Crippen molar-refractivity contribution in [3.8, 4) is 0 Å². The molecule has 6 nitrogen and oxygen atoms in total. The van der Waals surface area contributed by atoms with Gasteiger partial charge in [-0.15, -0.1) is 0 Å². The largest absolute Gasteiger partial charge is 0.373 e. The van der Waals surface area contributed by atoms with Crippen molar-refractivity contribution in [2.24, 2.45) is 0 Å². The minimum atomic E-state index is -0.587. The number of ketones is 1. The van der Waals surface area contributed by atoms with Gasteiger partial charge >= 0.3 is 0 Å². The van der Waals surface area contributed by atoms with Crippen LogP contribution >= 0.6 is 0 Å². The van der Waals surface area contributed by atoms with E-state index in [0.29, 0.717) is 11.3 Å². The van der Waals surface area contributed by atoms with Crippen LogP contribution in [-0.2, 0) is 9.59 Å². The summed E-state index contributed by atoms with van der Waals surface area (Å²) < 4.78 is 0. The van der Waals surface area contributed by atoms with Crippen molar-refractivity contribution in [2.45, 2.75) is 38.6 Å². The van der Waals surface area contributed by atoms with E-state index in [9.17, 15) is 14.4 Å². The minimum Gasteiger partial charge on any atom is -0.373 e. The monoisotopic (exact) mass is 391 g/mol. The Hall–Kier alpha value is -3.15. The molecule has 6 heteroatoms. The number of nitrogens with one attached hydrogen (secondary N) is 1. The lowest BCUT2D eigenvalue weighted by molar-refractivity contribution is -0.121. The molecular formula is C23H25N3O3. The highest BCUT2D eigenvalue weighted by molar-refractivity contribution is 6.23. The summed E-state index contributed by atoms with van der Waals surface area (Å²) in [6, 6.07) is 14.0. The zero-order valence-electron chi connectivity index (χ0n) is 16.6. The molecule has 2 aliphatic rings. The van der Waals surface area contributed by atoms with Gasteiger partial charge in [-0.25, -0.2) is 4.90 Å². The van der Waals surface area contributed by atoms with E-state index < -0.39 is 6.04 Å². The van der Waals surface area contributed by atoms with Crippen molar-refractivity contribution in [1.29, 1.82) is 0 Å². The maximum Gasteiger partial charge on any atom is 0.256 e. The van der Waals surface area contributed by atoms with E-state index in [1.54, 1.807) is 24.3 Å². The predicted octanol–water partition coefficient (Wildman–Crippen LogP) is 3.62. The first-order valence-electron chi connectivity index (χ1n) is 10.1. The highest BCUT2D eigenvalue weighted by Gasteiger charge is 2.39. The number of Topliss-reactive ketones (excluding diaryl/α,β-unsaturated/α-hetero) is 1. The van der Waals surface area contributed by atoms with Gasteiger partial charge in [-0.1, -0.05) is 0 Å². The molecule has 150 valence electrons. The zero-order chi connectivity index (χ0) is 20.4. The Morgan fingerprint density at radius 3 is 2.14 bits per heavy atom. The van der Waals surface area contributed by atoms with Crippen LogP contribution in [0.3, 0.4) is 0 Å². The fourth-order valence-electron chi connectivity index (χ4n) is 3.98. The number of benzene rings is 2. The standard InChI is InChI=1S/C23H25N3O3/c1-16(27)17-5-9-20(10-6-17)26-22(28)15-21(23(26)29)24-18-7-11-19(12-8-18)25-13-3-2-4-14-25/h5-12,21,24H,2-4,13-15H2,1H3. The molecule has 0 aliphatic carbocycles. The molecule has 29 heavy (non-hydrogen) atoms. The number of piperidine rings is 1. The molecule has 2 fully saturated rings. The highest BCUT2D eigenvalue weighted by Crippen LogP contribution is 2.27. The van der Waals surface area contributed by atoms with Crippen molar-refractivity contribution >= 4 is 34.7 Å². The van der Waals surface area contributed by atoms with Gasteiger partial charge in [0.2, 0.25) is 5.91 Å².